The number of nitrogens with one attached hydrogen (secondary N) is 1. The lowest BCUT2D eigenvalue weighted by atomic mass is 10.0. The molecule has 0 aliphatic carbocycles. The van der Waals surface area contributed by atoms with Crippen molar-refractivity contribution in [2.45, 2.75) is 6.42 Å². The number of nitriles is 1. The van der Waals surface area contributed by atoms with Gasteiger partial charge in [-0.25, -0.2) is 17.8 Å². The van der Waals surface area contributed by atoms with Crippen molar-refractivity contribution in [1.82, 2.24) is 9.97 Å². The van der Waals surface area contributed by atoms with Crippen LogP contribution in [0.15, 0.2) is 48.8 Å². The molecule has 176 valence electrons. The monoisotopic (exact) mass is 527 g/mol. The summed E-state index contributed by atoms with van der Waals surface area (Å²) in [6, 6.07) is 12.3. The highest BCUT2D eigenvalue weighted by atomic mass is 35.5. The Morgan fingerprint density at radius 3 is 2.66 bits per heavy atom. The second kappa shape index (κ2) is 8.64. The highest BCUT2D eigenvalue weighted by Gasteiger charge is 2.26. The average molecular weight is 528 g/mol. The normalized spacial score (nSPS) is 13.1. The first kappa shape index (κ1) is 23.3. The van der Waals surface area contributed by atoms with Crippen molar-refractivity contribution >= 4 is 61.2 Å². The molecule has 0 atom stereocenters. The van der Waals surface area contributed by atoms with E-state index in [2.05, 4.69) is 20.8 Å². The van der Waals surface area contributed by atoms with Gasteiger partial charge in [0.05, 0.1) is 33.7 Å². The zero-order chi connectivity index (χ0) is 24.9. The van der Waals surface area contributed by atoms with E-state index < -0.39 is 15.8 Å². The van der Waals surface area contributed by atoms with Crippen LogP contribution >= 0.6 is 23.2 Å². The second-order valence-electron chi connectivity index (χ2n) is 8.10. The molecule has 0 amide bonds. The fourth-order valence-electron chi connectivity index (χ4n) is 4.22. The lowest BCUT2D eigenvalue weighted by molar-refractivity contribution is 0.606. The Bertz CT molecular complexity index is 1670. The van der Waals surface area contributed by atoms with Crippen LogP contribution < -0.4 is 9.62 Å². The molecule has 7 nitrogen and oxygen atoms in total. The van der Waals surface area contributed by atoms with Gasteiger partial charge in [0.1, 0.15) is 11.9 Å². The van der Waals surface area contributed by atoms with Crippen LogP contribution in [0, 0.1) is 17.1 Å². The summed E-state index contributed by atoms with van der Waals surface area (Å²) >= 11 is 12.1. The minimum atomic E-state index is -3.56. The fraction of sp³-hybridized carbons (Fsp3) is 0.125. The number of halogens is 3. The molecule has 1 aliphatic rings. The van der Waals surface area contributed by atoms with E-state index in [9.17, 15) is 18.1 Å². The predicted molar refractivity (Wildman–Crippen MR) is 135 cm³/mol. The molecular weight excluding hydrogens is 512 g/mol. The van der Waals surface area contributed by atoms with Crippen LogP contribution in [-0.4, -0.2) is 31.2 Å². The Hall–Kier alpha value is -3.45. The van der Waals surface area contributed by atoms with Gasteiger partial charge in [-0.1, -0.05) is 29.3 Å². The van der Waals surface area contributed by atoms with Crippen molar-refractivity contribution in [3.63, 3.8) is 0 Å². The Labute approximate surface area is 210 Å². The summed E-state index contributed by atoms with van der Waals surface area (Å²) in [6.45, 7) is 0.540. The topological polar surface area (TPSA) is 99.0 Å². The van der Waals surface area contributed by atoms with Gasteiger partial charge in [-0.3, -0.25) is 9.71 Å². The standard InChI is InChI=1S/C24H16Cl2FN5O2S/c1-35(33,34)31-21-8-15(11-30-24(21)26)13-2-3-20-17(6-13)23(16(10-28)12-29-20)32-5-4-14-7-19(27)18(25)9-22(14)32/h2-3,6-9,11-12,31H,4-5H2,1H3. The largest absolute Gasteiger partial charge is 0.339 e. The summed E-state index contributed by atoms with van der Waals surface area (Å²) in [7, 11) is -3.56. The van der Waals surface area contributed by atoms with Gasteiger partial charge in [0.2, 0.25) is 10.0 Å². The van der Waals surface area contributed by atoms with Gasteiger partial charge in [0.15, 0.2) is 5.15 Å². The number of aromatic nitrogens is 2. The number of fused-ring (bicyclic) bond motifs is 2. The van der Waals surface area contributed by atoms with E-state index in [1.165, 1.54) is 18.5 Å². The third-order valence-electron chi connectivity index (χ3n) is 5.71. The Morgan fingerprint density at radius 1 is 1.11 bits per heavy atom. The highest BCUT2D eigenvalue weighted by Crippen LogP contribution is 2.42. The number of hydrogen-bond donors (Lipinski definition) is 1. The molecule has 35 heavy (non-hydrogen) atoms. The highest BCUT2D eigenvalue weighted by molar-refractivity contribution is 7.92. The minimum Gasteiger partial charge on any atom is -0.339 e. The maximum atomic E-state index is 14.0. The van der Waals surface area contributed by atoms with E-state index in [1.807, 2.05) is 23.1 Å². The summed E-state index contributed by atoms with van der Waals surface area (Å²) < 4.78 is 39.8. The molecule has 4 aromatic rings. The summed E-state index contributed by atoms with van der Waals surface area (Å²) in [4.78, 5) is 10.5. The van der Waals surface area contributed by atoms with Gasteiger partial charge in [-0.2, -0.15) is 5.26 Å². The van der Waals surface area contributed by atoms with Crippen LogP contribution in [0.2, 0.25) is 10.2 Å². The molecule has 5 rings (SSSR count). The molecule has 0 spiro atoms. The van der Waals surface area contributed by atoms with Crippen LogP contribution in [0.4, 0.5) is 21.5 Å². The van der Waals surface area contributed by atoms with Gasteiger partial charge in [-0.15, -0.1) is 0 Å². The number of rotatable bonds is 4. The van der Waals surface area contributed by atoms with Gasteiger partial charge < -0.3 is 4.90 Å². The molecule has 1 aliphatic heterocycles. The smallest absolute Gasteiger partial charge is 0.229 e. The molecule has 0 unspecified atom stereocenters. The lowest BCUT2D eigenvalue weighted by Crippen LogP contribution is -2.15. The maximum absolute atomic E-state index is 14.0. The van der Waals surface area contributed by atoms with Gasteiger partial charge in [-0.05, 0) is 47.9 Å². The van der Waals surface area contributed by atoms with Crippen molar-refractivity contribution in [2.75, 3.05) is 22.4 Å². The first-order chi connectivity index (χ1) is 16.6. The molecule has 3 heterocycles. The first-order valence-corrected chi connectivity index (χ1v) is 13.0. The van der Waals surface area contributed by atoms with Crippen LogP contribution in [0.5, 0.6) is 0 Å². The fourth-order valence-corrected chi connectivity index (χ4v) is 5.14. The van der Waals surface area contributed by atoms with E-state index in [0.29, 0.717) is 46.2 Å². The summed E-state index contributed by atoms with van der Waals surface area (Å²) in [5.74, 6) is -0.483. The van der Waals surface area contributed by atoms with E-state index in [-0.39, 0.29) is 15.9 Å². The van der Waals surface area contributed by atoms with Crippen LogP contribution in [0.1, 0.15) is 11.1 Å². The van der Waals surface area contributed by atoms with Crippen molar-refractivity contribution in [3.8, 4) is 17.2 Å². The van der Waals surface area contributed by atoms with Crippen LogP contribution in [-0.2, 0) is 16.4 Å². The zero-order valence-corrected chi connectivity index (χ0v) is 20.5. The van der Waals surface area contributed by atoms with Gasteiger partial charge in [0.25, 0.3) is 0 Å². The van der Waals surface area contributed by atoms with Crippen LogP contribution in [0.25, 0.3) is 22.0 Å². The summed E-state index contributed by atoms with van der Waals surface area (Å²) in [5.41, 5.74) is 4.67. The average Bonchev–Trinajstić information content (AvgIpc) is 3.20. The Kier molecular flexibility index (Phi) is 5.75. The Balaban J connectivity index is 1.69. The molecule has 0 saturated carbocycles. The quantitative estimate of drug-likeness (QED) is 0.342. The van der Waals surface area contributed by atoms with Gasteiger partial charge in [0, 0.05) is 35.6 Å². The maximum Gasteiger partial charge on any atom is 0.229 e. The van der Waals surface area contributed by atoms with E-state index >= 15 is 0 Å². The van der Waals surface area contributed by atoms with Crippen molar-refractivity contribution in [3.05, 3.63) is 75.9 Å². The SMILES string of the molecule is CS(=O)(=O)Nc1cc(-c2ccc3ncc(C#N)c(N4CCc5cc(F)c(Cl)cc54)c3c2)cnc1Cl. The zero-order valence-electron chi connectivity index (χ0n) is 18.2. The third-order valence-corrected chi connectivity index (χ3v) is 6.90. The van der Waals surface area contributed by atoms with Gasteiger partial charge >= 0.3 is 0 Å². The van der Waals surface area contributed by atoms with Crippen LogP contribution in [0.3, 0.4) is 0 Å². The van der Waals surface area contributed by atoms with Crippen molar-refractivity contribution in [1.29, 1.82) is 5.26 Å². The molecule has 0 bridgehead atoms. The number of anilines is 3. The first-order valence-electron chi connectivity index (χ1n) is 10.4. The summed E-state index contributed by atoms with van der Waals surface area (Å²) in [6.07, 6.45) is 4.67. The van der Waals surface area contributed by atoms with E-state index in [0.717, 1.165) is 17.5 Å². The number of nitrogens with zero attached hydrogens (tertiary/aromatic N) is 4. The summed E-state index contributed by atoms with van der Waals surface area (Å²) in [5, 5.41) is 10.6. The lowest BCUT2D eigenvalue weighted by Gasteiger charge is -2.23. The molecule has 1 N–H and O–H groups in total. The molecule has 0 radical (unpaired) electrons. The molecule has 0 fully saturated rings. The number of hydrogen-bond acceptors (Lipinski definition) is 6. The predicted octanol–water partition coefficient (Wildman–Crippen LogP) is 5.68. The number of benzene rings is 2. The second-order valence-corrected chi connectivity index (χ2v) is 10.6. The third kappa shape index (κ3) is 4.36. The molecule has 2 aromatic carbocycles. The number of sulfonamides is 1. The minimum absolute atomic E-state index is 0.00588. The molecule has 2 aromatic heterocycles. The Morgan fingerprint density at radius 2 is 1.91 bits per heavy atom. The molecule has 0 saturated heterocycles. The van der Waals surface area contributed by atoms with Crippen molar-refractivity contribution < 1.29 is 12.8 Å². The number of pyridine rings is 2. The van der Waals surface area contributed by atoms with Crippen molar-refractivity contribution in [2.24, 2.45) is 0 Å². The molecular formula is C24H16Cl2FN5O2S. The van der Waals surface area contributed by atoms with E-state index in [1.54, 1.807) is 12.1 Å². The van der Waals surface area contributed by atoms with E-state index in [4.69, 9.17) is 23.2 Å². The molecule has 11 heteroatoms.